The summed E-state index contributed by atoms with van der Waals surface area (Å²) in [6.07, 6.45) is 5.48. The first-order chi connectivity index (χ1) is 17.5. The Bertz CT molecular complexity index is 1380. The van der Waals surface area contributed by atoms with Gasteiger partial charge in [-0.15, -0.1) is 11.3 Å². The van der Waals surface area contributed by atoms with Gasteiger partial charge in [0.2, 0.25) is 0 Å². The molecule has 1 heterocycles. The maximum Gasteiger partial charge on any atom is 0.256 e. The number of rotatable bonds is 7. The number of thioether (sulfide) groups is 1. The average Bonchev–Trinajstić information content (AvgIpc) is 3.31. The zero-order valence-electron chi connectivity index (χ0n) is 19.6. The van der Waals surface area contributed by atoms with E-state index in [-0.39, 0.29) is 17.9 Å². The van der Waals surface area contributed by atoms with Crippen molar-refractivity contribution in [3.63, 3.8) is 0 Å². The van der Waals surface area contributed by atoms with Crippen molar-refractivity contribution in [2.24, 2.45) is 0 Å². The maximum atomic E-state index is 13.1. The molecule has 1 aromatic heterocycles. The second-order valence-corrected chi connectivity index (χ2v) is 11.6. The Hall–Kier alpha value is -2.87. The van der Waals surface area contributed by atoms with Crippen molar-refractivity contribution in [3.05, 3.63) is 88.4 Å². The first-order valence-electron chi connectivity index (χ1n) is 12.0. The fourth-order valence-electron chi connectivity index (χ4n) is 4.36. The largest absolute Gasteiger partial charge is 0.349 e. The topological polar surface area (TPSA) is 71.1 Å². The average molecular weight is 536 g/mol. The third-order valence-electron chi connectivity index (χ3n) is 6.26. The summed E-state index contributed by atoms with van der Waals surface area (Å²) in [6.45, 7) is 0. The summed E-state index contributed by atoms with van der Waals surface area (Å²) in [7, 11) is 0. The van der Waals surface area contributed by atoms with Crippen molar-refractivity contribution in [1.82, 2.24) is 10.3 Å². The van der Waals surface area contributed by atoms with Crippen molar-refractivity contribution < 1.29 is 9.59 Å². The Morgan fingerprint density at radius 1 is 0.944 bits per heavy atom. The van der Waals surface area contributed by atoms with Gasteiger partial charge in [-0.25, -0.2) is 4.98 Å². The highest BCUT2D eigenvalue weighted by molar-refractivity contribution is 8.00. The van der Waals surface area contributed by atoms with Crippen LogP contribution in [0.5, 0.6) is 0 Å². The molecule has 0 atom stereocenters. The molecule has 1 fully saturated rings. The minimum absolute atomic E-state index is 0.183. The Balaban J connectivity index is 1.26. The highest BCUT2D eigenvalue weighted by atomic mass is 35.5. The summed E-state index contributed by atoms with van der Waals surface area (Å²) in [5, 5.41) is 6.80. The molecular formula is C28H26ClN3O2S2. The number of aromatic nitrogens is 1. The third-order valence-corrected chi connectivity index (χ3v) is 8.74. The predicted octanol–water partition coefficient (Wildman–Crippen LogP) is 7.56. The van der Waals surface area contributed by atoms with E-state index in [9.17, 15) is 9.59 Å². The number of nitrogens with zero attached hydrogens (tertiary/aromatic N) is 1. The molecule has 5 rings (SSSR count). The summed E-state index contributed by atoms with van der Waals surface area (Å²) in [5.74, 6) is 0.318. The van der Waals surface area contributed by atoms with Gasteiger partial charge in [-0.05, 0) is 60.9 Å². The fraction of sp³-hybridized carbons (Fsp3) is 0.250. The fourth-order valence-corrected chi connectivity index (χ4v) is 6.55. The number of fused-ring (bicyclic) bond motifs is 1. The van der Waals surface area contributed by atoms with Crippen LogP contribution in [-0.2, 0) is 5.75 Å². The molecule has 0 spiro atoms. The van der Waals surface area contributed by atoms with E-state index < -0.39 is 0 Å². The SMILES string of the molecule is O=C(Nc1ccc2nc(SCc3ccc(Cl)cc3)sc2c1)c1ccccc1C(=O)NC1CCCCC1. The predicted molar refractivity (Wildman–Crippen MR) is 149 cm³/mol. The standard InChI is InChI=1S/C28H26ClN3O2S2/c29-19-12-10-18(11-13-19)17-35-28-32-24-15-14-21(16-25(24)36-28)31-27(34)23-9-5-4-8-22(23)26(33)30-20-6-2-1-3-7-20/h4-5,8-16,20H,1-3,6-7,17H2,(H,30,33)(H,31,34). The van der Waals surface area contributed by atoms with Crippen molar-refractivity contribution in [2.45, 2.75) is 48.2 Å². The second-order valence-electron chi connectivity index (χ2n) is 8.89. The first-order valence-corrected chi connectivity index (χ1v) is 14.2. The number of nitrogens with one attached hydrogen (secondary N) is 2. The molecule has 0 radical (unpaired) electrons. The van der Waals surface area contributed by atoms with Crippen molar-refractivity contribution >= 4 is 62.4 Å². The van der Waals surface area contributed by atoms with E-state index in [1.54, 1.807) is 47.4 Å². The van der Waals surface area contributed by atoms with Gasteiger partial charge in [0.05, 0.1) is 21.3 Å². The van der Waals surface area contributed by atoms with Crippen molar-refractivity contribution in [1.29, 1.82) is 0 Å². The number of thiazole rings is 1. The zero-order valence-corrected chi connectivity index (χ0v) is 22.0. The lowest BCUT2D eigenvalue weighted by Gasteiger charge is -2.23. The Labute approximate surface area is 223 Å². The van der Waals surface area contributed by atoms with Crippen LogP contribution in [0.2, 0.25) is 5.02 Å². The number of hydrogen-bond acceptors (Lipinski definition) is 5. The normalized spacial score (nSPS) is 14.0. The van der Waals surface area contributed by atoms with Gasteiger partial charge in [-0.1, -0.05) is 66.9 Å². The van der Waals surface area contributed by atoms with Crippen LogP contribution in [0.4, 0.5) is 5.69 Å². The molecule has 0 bridgehead atoms. The Morgan fingerprint density at radius 2 is 1.67 bits per heavy atom. The van der Waals surface area contributed by atoms with Crippen molar-refractivity contribution in [3.8, 4) is 0 Å². The highest BCUT2D eigenvalue weighted by Crippen LogP contribution is 2.33. The van der Waals surface area contributed by atoms with E-state index in [0.717, 1.165) is 51.0 Å². The van der Waals surface area contributed by atoms with E-state index in [1.165, 1.54) is 12.0 Å². The van der Waals surface area contributed by atoms with Gasteiger partial charge >= 0.3 is 0 Å². The monoisotopic (exact) mass is 535 g/mol. The lowest BCUT2D eigenvalue weighted by molar-refractivity contribution is 0.0917. The van der Waals surface area contributed by atoms with Gasteiger partial charge in [0.25, 0.3) is 11.8 Å². The van der Waals surface area contributed by atoms with E-state index in [1.807, 2.05) is 42.5 Å². The first kappa shape index (κ1) is 24.8. The number of benzene rings is 3. The summed E-state index contributed by atoms with van der Waals surface area (Å²) >= 11 is 9.24. The summed E-state index contributed by atoms with van der Waals surface area (Å²) in [6, 6.07) is 20.7. The van der Waals surface area contributed by atoms with Gasteiger partial charge in [0.15, 0.2) is 4.34 Å². The molecular weight excluding hydrogens is 510 g/mol. The van der Waals surface area contributed by atoms with E-state index in [2.05, 4.69) is 10.6 Å². The third kappa shape index (κ3) is 6.09. The highest BCUT2D eigenvalue weighted by Gasteiger charge is 2.21. The molecule has 2 N–H and O–H groups in total. The van der Waals surface area contributed by atoms with Crippen LogP contribution in [0, 0.1) is 0 Å². The quantitative estimate of drug-likeness (QED) is 0.239. The molecule has 8 heteroatoms. The van der Waals surface area contributed by atoms with Crippen molar-refractivity contribution in [2.75, 3.05) is 5.32 Å². The minimum Gasteiger partial charge on any atom is -0.349 e. The maximum absolute atomic E-state index is 13.1. The van der Waals surface area contributed by atoms with Crippen LogP contribution in [0.3, 0.4) is 0 Å². The summed E-state index contributed by atoms with van der Waals surface area (Å²) in [5.41, 5.74) is 3.52. The van der Waals surface area contributed by atoms with Crippen LogP contribution in [0.1, 0.15) is 58.4 Å². The number of hydrogen-bond donors (Lipinski definition) is 2. The molecule has 4 aromatic rings. The molecule has 0 unspecified atom stereocenters. The second kappa shape index (κ2) is 11.5. The lowest BCUT2D eigenvalue weighted by Crippen LogP contribution is -2.37. The van der Waals surface area contributed by atoms with Crippen LogP contribution < -0.4 is 10.6 Å². The molecule has 1 aliphatic rings. The summed E-state index contributed by atoms with van der Waals surface area (Å²) < 4.78 is 1.96. The molecule has 1 saturated carbocycles. The van der Waals surface area contributed by atoms with Crippen LogP contribution >= 0.6 is 34.7 Å². The number of anilines is 1. The smallest absolute Gasteiger partial charge is 0.256 e. The van der Waals surface area contributed by atoms with Crippen LogP contribution in [0.25, 0.3) is 10.2 Å². The van der Waals surface area contributed by atoms with E-state index in [4.69, 9.17) is 16.6 Å². The molecule has 184 valence electrons. The molecule has 0 aliphatic heterocycles. The number of carbonyl (C=O) groups is 2. The lowest BCUT2D eigenvalue weighted by atomic mass is 9.95. The molecule has 5 nitrogen and oxygen atoms in total. The van der Waals surface area contributed by atoms with Gasteiger partial charge in [0.1, 0.15) is 0 Å². The van der Waals surface area contributed by atoms with Crippen LogP contribution in [-0.4, -0.2) is 22.8 Å². The Morgan fingerprint density at radius 3 is 2.42 bits per heavy atom. The molecule has 0 saturated heterocycles. The number of amides is 2. The number of carbonyl (C=O) groups excluding carboxylic acids is 2. The Kier molecular flexibility index (Phi) is 7.90. The molecule has 3 aromatic carbocycles. The van der Waals surface area contributed by atoms with Gasteiger partial charge in [0, 0.05) is 22.5 Å². The number of halogens is 1. The molecule has 1 aliphatic carbocycles. The van der Waals surface area contributed by atoms with E-state index in [0.29, 0.717) is 16.8 Å². The summed E-state index contributed by atoms with van der Waals surface area (Å²) in [4.78, 5) is 30.8. The van der Waals surface area contributed by atoms with E-state index >= 15 is 0 Å². The molecule has 2 amide bonds. The molecule has 36 heavy (non-hydrogen) atoms. The van der Waals surface area contributed by atoms with Gasteiger partial charge < -0.3 is 10.6 Å². The minimum atomic E-state index is -0.300. The van der Waals surface area contributed by atoms with Gasteiger partial charge in [-0.2, -0.15) is 0 Å². The van der Waals surface area contributed by atoms with Crippen LogP contribution in [0.15, 0.2) is 71.1 Å². The van der Waals surface area contributed by atoms with Gasteiger partial charge in [-0.3, -0.25) is 9.59 Å². The zero-order chi connectivity index (χ0) is 24.9.